The average Bonchev–Trinajstić information content (AvgIpc) is 1.61. The van der Waals surface area contributed by atoms with Crippen LogP contribution in [0.1, 0.15) is 0 Å². The van der Waals surface area contributed by atoms with Crippen molar-refractivity contribution in [2.24, 2.45) is 0 Å². The zero-order chi connectivity index (χ0) is 5.70. The second kappa shape index (κ2) is 8.70. The molecule has 1 atom stereocenters. The van der Waals surface area contributed by atoms with Crippen molar-refractivity contribution in [1.29, 1.82) is 0 Å². The molecule has 0 saturated heterocycles. The third-order valence-corrected chi connectivity index (χ3v) is 0.738. The van der Waals surface area contributed by atoms with Gasteiger partial charge in [0.1, 0.15) is 0 Å². The van der Waals surface area contributed by atoms with Crippen LogP contribution in [0.3, 0.4) is 0 Å². The molecule has 3 nitrogen and oxygen atoms in total. The summed E-state index contributed by atoms with van der Waals surface area (Å²) in [5, 5.41) is 0. The summed E-state index contributed by atoms with van der Waals surface area (Å²) >= 11 is 0. The van der Waals surface area contributed by atoms with Gasteiger partial charge in [-0.25, -0.2) is 0 Å². The normalized spacial score (nSPS) is 11.6. The van der Waals surface area contributed by atoms with Gasteiger partial charge in [0, 0.05) is 0 Å². The van der Waals surface area contributed by atoms with E-state index in [1.165, 1.54) is 6.08 Å². The molecule has 0 amide bonds. The number of hydrogen-bond donors (Lipinski definition) is 1. The van der Waals surface area contributed by atoms with E-state index in [9.17, 15) is 4.57 Å². The van der Waals surface area contributed by atoms with Gasteiger partial charge in [0.25, 0.3) is 0 Å². The van der Waals surface area contributed by atoms with Gasteiger partial charge in [-0.05, 0) is 0 Å². The van der Waals surface area contributed by atoms with Crippen molar-refractivity contribution in [3.63, 3.8) is 0 Å². The van der Waals surface area contributed by atoms with Crippen molar-refractivity contribution in [1.82, 2.24) is 0 Å². The van der Waals surface area contributed by atoms with E-state index >= 15 is 0 Å². The molecule has 5 heteroatoms. The Kier molecular flexibility index (Phi) is 13.5. The van der Waals surface area contributed by atoms with Crippen molar-refractivity contribution in [2.75, 3.05) is 6.61 Å². The molecular formula is C3H8O3PRb. The van der Waals surface area contributed by atoms with Crippen molar-refractivity contribution in [2.45, 2.75) is 0 Å². The summed E-state index contributed by atoms with van der Waals surface area (Å²) in [5.74, 6) is 0. The fourth-order valence-corrected chi connectivity index (χ4v) is 0.391. The van der Waals surface area contributed by atoms with Gasteiger partial charge in [0.15, 0.2) is 0 Å². The van der Waals surface area contributed by atoms with Gasteiger partial charge < -0.3 is 9.42 Å². The Hall–Kier alpha value is 1.70. The summed E-state index contributed by atoms with van der Waals surface area (Å²) in [6, 6.07) is 0. The van der Waals surface area contributed by atoms with Gasteiger partial charge in [0.2, 0.25) is 0 Å². The molecule has 0 aliphatic rings. The zero-order valence-electron chi connectivity index (χ0n) is 3.76. The number of rotatable bonds is 3. The van der Waals surface area contributed by atoms with Gasteiger partial charge >= 0.3 is 66.4 Å². The summed E-state index contributed by atoms with van der Waals surface area (Å²) in [6.45, 7) is 3.42. The maximum absolute atomic E-state index is 9.67. The molecule has 0 radical (unpaired) electrons. The van der Waals surface area contributed by atoms with Gasteiger partial charge in [-0.15, -0.1) is 6.58 Å². The Morgan fingerprint density at radius 2 is 2.38 bits per heavy atom. The van der Waals surface area contributed by atoms with Crippen molar-refractivity contribution < 1.29 is 14.0 Å². The molecule has 0 aromatic carbocycles. The van der Waals surface area contributed by atoms with Crippen LogP contribution in [0.25, 0.3) is 0 Å². The van der Waals surface area contributed by atoms with Gasteiger partial charge in [0.05, 0.1) is 6.61 Å². The molecule has 0 aliphatic carbocycles. The first kappa shape index (κ1) is 12.4. The third-order valence-electron chi connectivity index (χ3n) is 0.325. The molecule has 0 aromatic rings. The first-order valence-electron chi connectivity index (χ1n) is 1.74. The predicted octanol–water partition coefficient (Wildman–Crippen LogP) is -0.0775. The monoisotopic (exact) mass is 208 g/mol. The molecule has 0 saturated carbocycles. The van der Waals surface area contributed by atoms with Crippen molar-refractivity contribution in [3.05, 3.63) is 12.7 Å². The standard InChI is InChI=1S/C3H7O3P.Rb.H/c1-2-3-6-7(4)5;;/h2,7H,1,3H2,(H,4,5);;. The molecule has 0 bridgehead atoms. The van der Waals surface area contributed by atoms with Crippen LogP contribution in [0.2, 0.25) is 0 Å². The van der Waals surface area contributed by atoms with Crippen molar-refractivity contribution in [3.8, 4) is 0 Å². The second-order valence-corrected chi connectivity index (χ2v) is 1.69. The number of hydrogen-bond acceptors (Lipinski definition) is 2. The van der Waals surface area contributed by atoms with Crippen LogP contribution in [0.5, 0.6) is 0 Å². The predicted molar refractivity (Wildman–Crippen MR) is 34.5 cm³/mol. The van der Waals surface area contributed by atoms with Crippen LogP contribution < -0.4 is 0 Å². The van der Waals surface area contributed by atoms with Crippen LogP contribution in [0.15, 0.2) is 12.7 Å². The van der Waals surface area contributed by atoms with Crippen molar-refractivity contribution >= 4 is 66.4 Å². The molecule has 8 heavy (non-hydrogen) atoms. The van der Waals surface area contributed by atoms with E-state index < -0.39 is 8.25 Å². The van der Waals surface area contributed by atoms with E-state index in [4.69, 9.17) is 4.89 Å². The fraction of sp³-hybridized carbons (Fsp3) is 0.333. The Labute approximate surface area is 97.9 Å². The molecule has 0 fully saturated rings. The quantitative estimate of drug-likeness (QED) is 0.521. The Bertz CT molecular complexity index is 84.6. The molecular weight excluding hydrogens is 200 g/mol. The average molecular weight is 209 g/mol. The van der Waals surface area contributed by atoms with E-state index in [0.29, 0.717) is 0 Å². The summed E-state index contributed by atoms with van der Waals surface area (Å²) in [7, 11) is -2.72. The van der Waals surface area contributed by atoms with Gasteiger partial charge in [-0.1, -0.05) is 6.08 Å². The molecule has 0 heterocycles. The van der Waals surface area contributed by atoms with E-state index in [0.717, 1.165) is 0 Å². The summed E-state index contributed by atoms with van der Waals surface area (Å²) in [6.07, 6.45) is 1.42. The first-order valence-corrected chi connectivity index (χ1v) is 3.00. The van der Waals surface area contributed by atoms with Gasteiger partial charge in [-0.2, -0.15) is 0 Å². The summed E-state index contributed by atoms with van der Waals surface area (Å²) < 4.78 is 13.8. The van der Waals surface area contributed by atoms with E-state index in [-0.39, 0.29) is 64.8 Å². The summed E-state index contributed by atoms with van der Waals surface area (Å²) in [5.41, 5.74) is 0. The molecule has 1 unspecified atom stereocenters. The minimum absolute atomic E-state index is 0. The maximum atomic E-state index is 9.67. The summed E-state index contributed by atoms with van der Waals surface area (Å²) in [4.78, 5) is 7.96. The van der Waals surface area contributed by atoms with Crippen LogP contribution in [-0.2, 0) is 9.09 Å². The molecule has 1 N–H and O–H groups in total. The van der Waals surface area contributed by atoms with E-state index in [1.54, 1.807) is 0 Å². The topological polar surface area (TPSA) is 46.5 Å². The Morgan fingerprint density at radius 1 is 1.88 bits per heavy atom. The second-order valence-electron chi connectivity index (χ2n) is 0.866. The van der Waals surface area contributed by atoms with Crippen LogP contribution in [0.4, 0.5) is 0 Å². The molecule has 0 rings (SSSR count). The molecule has 0 aliphatic heterocycles. The Balaban J connectivity index is 0. The fourth-order valence-electron chi connectivity index (χ4n) is 0.130. The van der Waals surface area contributed by atoms with E-state index in [1.807, 2.05) is 0 Å². The molecule has 0 spiro atoms. The van der Waals surface area contributed by atoms with Gasteiger partial charge in [-0.3, -0.25) is 4.57 Å². The third kappa shape index (κ3) is 10.6. The van der Waals surface area contributed by atoms with E-state index in [2.05, 4.69) is 11.1 Å². The van der Waals surface area contributed by atoms with Crippen LogP contribution in [-0.4, -0.2) is 69.7 Å². The molecule has 0 aromatic heterocycles. The first-order chi connectivity index (χ1) is 3.27. The molecule has 44 valence electrons. The SMILES string of the molecule is C=CCO[PH](=O)O.[RbH]. The Morgan fingerprint density at radius 3 is 2.50 bits per heavy atom. The zero-order valence-corrected chi connectivity index (χ0v) is 4.76. The van der Waals surface area contributed by atoms with Crippen LogP contribution >= 0.6 is 8.25 Å². The van der Waals surface area contributed by atoms with Crippen LogP contribution in [0, 0.1) is 0 Å². The minimum atomic E-state index is -2.72.